The number of carbonyl (C=O) groups excluding carboxylic acids is 1. The molecule has 130 valence electrons. The van der Waals surface area contributed by atoms with Crippen molar-refractivity contribution in [3.63, 3.8) is 0 Å². The average molecular weight is 339 g/mol. The Bertz CT molecular complexity index is 758. The van der Waals surface area contributed by atoms with E-state index < -0.39 is 11.7 Å². The summed E-state index contributed by atoms with van der Waals surface area (Å²) in [5.41, 5.74) is 1.77. The Morgan fingerprint density at radius 3 is 2.44 bits per heavy atom. The first kappa shape index (κ1) is 18.2. The summed E-state index contributed by atoms with van der Waals surface area (Å²) in [5.74, 6) is 0.335. The van der Waals surface area contributed by atoms with Crippen LogP contribution in [0.15, 0.2) is 36.7 Å². The number of nitrogens with one attached hydrogen (secondary N) is 1. The molecule has 1 heterocycles. The third kappa shape index (κ3) is 5.77. The first-order valence-electron chi connectivity index (χ1n) is 7.76. The lowest BCUT2D eigenvalue weighted by atomic mass is 10.2. The monoisotopic (exact) mass is 339 g/mol. The predicted octanol–water partition coefficient (Wildman–Crippen LogP) is 4.01. The van der Waals surface area contributed by atoms with Gasteiger partial charge in [-0.05, 0) is 32.9 Å². The van der Waals surface area contributed by atoms with E-state index in [1.165, 1.54) is 6.20 Å². The van der Waals surface area contributed by atoms with E-state index in [0.29, 0.717) is 18.1 Å². The summed E-state index contributed by atoms with van der Waals surface area (Å²) in [6, 6.07) is 7.33. The third-order valence-electron chi connectivity index (χ3n) is 3.15. The van der Waals surface area contributed by atoms with Crippen LogP contribution in [0.4, 0.5) is 22.0 Å². The van der Waals surface area contributed by atoms with Crippen molar-refractivity contribution < 1.29 is 9.53 Å². The number of hydrogen-bond donors (Lipinski definition) is 1. The Hall–Kier alpha value is -3.14. The van der Waals surface area contributed by atoms with Gasteiger partial charge in [-0.2, -0.15) is 0 Å². The fraction of sp³-hybridized carbons (Fsp3) is 0.333. The van der Waals surface area contributed by atoms with Crippen molar-refractivity contribution in [2.75, 3.05) is 17.3 Å². The Kier molecular flexibility index (Phi) is 5.55. The van der Waals surface area contributed by atoms with Crippen molar-refractivity contribution in [3.8, 4) is 0 Å². The summed E-state index contributed by atoms with van der Waals surface area (Å²) < 4.78 is 5.17. The molecule has 0 fully saturated rings. The number of carbonyl (C=O) groups is 1. The third-order valence-corrected chi connectivity index (χ3v) is 3.15. The number of ether oxygens (including phenoxy) is 1. The maximum absolute atomic E-state index is 11.7. The van der Waals surface area contributed by atoms with Crippen molar-refractivity contribution in [2.45, 2.75) is 32.9 Å². The highest BCUT2D eigenvalue weighted by atomic mass is 16.6. The Morgan fingerprint density at radius 1 is 1.24 bits per heavy atom. The van der Waals surface area contributed by atoms with Crippen LogP contribution >= 0.6 is 0 Å². The molecule has 2 aromatic rings. The van der Waals surface area contributed by atoms with Crippen LogP contribution in [0.1, 0.15) is 26.5 Å². The molecule has 1 aromatic heterocycles. The van der Waals surface area contributed by atoms with E-state index in [4.69, 9.17) is 11.3 Å². The van der Waals surface area contributed by atoms with Crippen LogP contribution in [-0.4, -0.2) is 28.7 Å². The van der Waals surface area contributed by atoms with E-state index in [1.807, 2.05) is 24.1 Å². The first-order chi connectivity index (χ1) is 11.8. The highest BCUT2D eigenvalue weighted by molar-refractivity contribution is 5.83. The predicted molar refractivity (Wildman–Crippen MR) is 96.7 cm³/mol. The second-order valence-electron chi connectivity index (χ2n) is 6.50. The summed E-state index contributed by atoms with van der Waals surface area (Å²) in [4.78, 5) is 25.6. The molecule has 2 rings (SSSR count). The normalized spacial score (nSPS) is 10.7. The summed E-state index contributed by atoms with van der Waals surface area (Å²) >= 11 is 0. The van der Waals surface area contributed by atoms with E-state index in [9.17, 15) is 4.79 Å². The minimum absolute atomic E-state index is 0.335. The number of rotatable bonds is 4. The lowest BCUT2D eigenvalue weighted by Gasteiger charge is -2.20. The number of nitrogens with zero attached hydrogens (tertiary/aromatic N) is 4. The van der Waals surface area contributed by atoms with Gasteiger partial charge in [0.05, 0.1) is 31.2 Å². The zero-order valence-corrected chi connectivity index (χ0v) is 14.8. The molecule has 7 heteroatoms. The van der Waals surface area contributed by atoms with Gasteiger partial charge in [0, 0.05) is 12.7 Å². The molecule has 25 heavy (non-hydrogen) atoms. The number of anilines is 2. The van der Waals surface area contributed by atoms with E-state index >= 15 is 0 Å². The zero-order chi connectivity index (χ0) is 18.4. The standard InChI is InChI=1S/C18H21N5O2/c1-18(2,3)25-17(24)22-16-11-20-14(10-21-16)12-23(5)15-8-6-13(19-4)7-9-15/h6-11H,12H2,1-3,5H3,(H,21,22,24). The number of benzene rings is 1. The van der Waals surface area contributed by atoms with E-state index in [-0.39, 0.29) is 0 Å². The number of amides is 1. The maximum Gasteiger partial charge on any atom is 0.413 e. The Balaban J connectivity index is 1.95. The quantitative estimate of drug-likeness (QED) is 0.852. The fourth-order valence-corrected chi connectivity index (χ4v) is 2.03. The zero-order valence-electron chi connectivity index (χ0n) is 14.8. The van der Waals surface area contributed by atoms with Crippen LogP contribution in [-0.2, 0) is 11.3 Å². The summed E-state index contributed by atoms with van der Waals surface area (Å²) in [6.07, 6.45) is 2.54. The van der Waals surface area contributed by atoms with Crippen molar-refractivity contribution >= 4 is 23.3 Å². The van der Waals surface area contributed by atoms with Gasteiger partial charge in [-0.3, -0.25) is 10.3 Å². The Morgan fingerprint density at radius 2 is 1.92 bits per heavy atom. The van der Waals surface area contributed by atoms with E-state index in [0.717, 1.165) is 11.4 Å². The van der Waals surface area contributed by atoms with Gasteiger partial charge in [-0.15, -0.1) is 0 Å². The highest BCUT2D eigenvalue weighted by Crippen LogP contribution is 2.20. The van der Waals surface area contributed by atoms with Crippen LogP contribution < -0.4 is 10.2 Å². The van der Waals surface area contributed by atoms with Crippen LogP contribution in [0.3, 0.4) is 0 Å². The second kappa shape index (κ2) is 7.62. The molecule has 0 aliphatic carbocycles. The number of aromatic nitrogens is 2. The van der Waals surface area contributed by atoms with Gasteiger partial charge >= 0.3 is 6.09 Å². The van der Waals surface area contributed by atoms with Crippen molar-refractivity contribution in [2.24, 2.45) is 0 Å². The summed E-state index contributed by atoms with van der Waals surface area (Å²) in [7, 11) is 1.93. The minimum atomic E-state index is -0.567. The smallest absolute Gasteiger partial charge is 0.413 e. The molecule has 1 aromatic carbocycles. The molecular weight excluding hydrogens is 318 g/mol. The van der Waals surface area contributed by atoms with E-state index in [1.54, 1.807) is 39.1 Å². The fourth-order valence-electron chi connectivity index (χ4n) is 2.03. The van der Waals surface area contributed by atoms with Crippen molar-refractivity contribution in [1.82, 2.24) is 9.97 Å². The van der Waals surface area contributed by atoms with Crippen LogP contribution in [0, 0.1) is 6.57 Å². The van der Waals surface area contributed by atoms with Gasteiger partial charge in [0.2, 0.25) is 0 Å². The molecule has 1 amide bonds. The molecule has 0 aliphatic rings. The van der Waals surface area contributed by atoms with Gasteiger partial charge in [0.25, 0.3) is 0 Å². The topological polar surface area (TPSA) is 71.7 Å². The van der Waals surface area contributed by atoms with Gasteiger partial charge in [0.1, 0.15) is 5.60 Å². The van der Waals surface area contributed by atoms with Crippen LogP contribution in [0.2, 0.25) is 0 Å². The average Bonchev–Trinajstić information content (AvgIpc) is 2.55. The lowest BCUT2D eigenvalue weighted by molar-refractivity contribution is 0.0635. The maximum atomic E-state index is 11.7. The molecule has 0 radical (unpaired) electrons. The lowest BCUT2D eigenvalue weighted by Crippen LogP contribution is -2.27. The first-order valence-corrected chi connectivity index (χ1v) is 7.76. The molecular formula is C18H21N5O2. The molecule has 0 aliphatic heterocycles. The molecule has 0 bridgehead atoms. The highest BCUT2D eigenvalue weighted by Gasteiger charge is 2.16. The van der Waals surface area contributed by atoms with Crippen LogP contribution in [0.25, 0.3) is 4.85 Å². The minimum Gasteiger partial charge on any atom is -0.444 e. The van der Waals surface area contributed by atoms with Gasteiger partial charge in [-0.25, -0.2) is 14.6 Å². The van der Waals surface area contributed by atoms with E-state index in [2.05, 4.69) is 20.1 Å². The van der Waals surface area contributed by atoms with Crippen molar-refractivity contribution in [1.29, 1.82) is 0 Å². The SMILES string of the molecule is [C-]#[N+]c1ccc(N(C)Cc2cnc(NC(=O)OC(C)(C)C)cn2)cc1. The molecule has 0 atom stereocenters. The van der Waals surface area contributed by atoms with Crippen LogP contribution in [0.5, 0.6) is 0 Å². The summed E-state index contributed by atoms with van der Waals surface area (Å²) in [6.45, 7) is 12.9. The molecule has 0 unspecified atom stereocenters. The molecule has 7 nitrogen and oxygen atoms in total. The molecule has 0 saturated heterocycles. The van der Waals surface area contributed by atoms with Gasteiger partial charge in [-0.1, -0.05) is 12.1 Å². The summed E-state index contributed by atoms with van der Waals surface area (Å²) in [5, 5.41) is 2.55. The van der Waals surface area contributed by atoms with Gasteiger partial charge in [0.15, 0.2) is 11.5 Å². The van der Waals surface area contributed by atoms with Crippen molar-refractivity contribution in [3.05, 3.63) is 53.8 Å². The second-order valence-corrected chi connectivity index (χ2v) is 6.50. The largest absolute Gasteiger partial charge is 0.444 e. The van der Waals surface area contributed by atoms with Gasteiger partial charge < -0.3 is 9.64 Å². The molecule has 1 N–H and O–H groups in total. The molecule has 0 saturated carbocycles. The Labute approximate surface area is 147 Å². The molecule has 0 spiro atoms. The number of hydrogen-bond acceptors (Lipinski definition) is 5.